The molecule has 1 amide bonds. The Morgan fingerprint density at radius 1 is 1.30 bits per heavy atom. The van der Waals surface area contributed by atoms with Crippen LogP contribution in [0.4, 0.5) is 0 Å². The normalized spacial score (nSPS) is 16.9. The fraction of sp³-hybridized carbons (Fsp3) is 0.588. The van der Waals surface area contributed by atoms with Crippen LogP contribution >= 0.6 is 0 Å². The molecule has 1 aromatic heterocycles. The zero-order valence-corrected chi connectivity index (χ0v) is 14.3. The highest BCUT2D eigenvalue weighted by Gasteiger charge is 2.42. The van der Waals surface area contributed by atoms with Crippen LogP contribution in [0.2, 0.25) is 0 Å². The molecule has 6 heteroatoms. The average Bonchev–Trinajstić information content (AvgIpc) is 3.05. The van der Waals surface area contributed by atoms with Crippen molar-refractivity contribution in [3.05, 3.63) is 30.1 Å². The first-order chi connectivity index (χ1) is 11.1. The van der Waals surface area contributed by atoms with E-state index in [4.69, 9.17) is 0 Å². The largest absolute Gasteiger partial charge is 0.355 e. The van der Waals surface area contributed by atoms with Gasteiger partial charge in [0.15, 0.2) is 5.96 Å². The lowest BCUT2D eigenvalue weighted by atomic mass is 9.84. The van der Waals surface area contributed by atoms with E-state index in [2.05, 4.69) is 20.6 Å². The Morgan fingerprint density at radius 2 is 2.04 bits per heavy atom. The number of nitrogens with zero attached hydrogens (tertiary/aromatic N) is 3. The van der Waals surface area contributed by atoms with Crippen LogP contribution in [0.15, 0.2) is 29.4 Å². The monoisotopic (exact) mass is 317 g/mol. The Kier molecular flexibility index (Phi) is 5.96. The van der Waals surface area contributed by atoms with E-state index < -0.39 is 0 Å². The summed E-state index contributed by atoms with van der Waals surface area (Å²) in [6.07, 6.45) is 5.88. The van der Waals surface area contributed by atoms with Crippen LogP contribution in [0.5, 0.6) is 0 Å². The first-order valence-electron chi connectivity index (χ1n) is 8.13. The number of aliphatic imine (C=N–C) groups is 1. The van der Waals surface area contributed by atoms with Gasteiger partial charge < -0.3 is 15.5 Å². The summed E-state index contributed by atoms with van der Waals surface area (Å²) in [6.45, 7) is 1.22. The molecule has 0 aliphatic heterocycles. The summed E-state index contributed by atoms with van der Waals surface area (Å²) < 4.78 is 0. The molecule has 1 heterocycles. The van der Waals surface area contributed by atoms with Crippen LogP contribution in [0.1, 0.15) is 31.4 Å². The number of nitrogens with one attached hydrogen (secondary N) is 2. The molecule has 1 saturated carbocycles. The van der Waals surface area contributed by atoms with Crippen molar-refractivity contribution < 1.29 is 4.79 Å². The molecule has 6 nitrogen and oxygen atoms in total. The van der Waals surface area contributed by atoms with E-state index in [1.807, 2.05) is 32.3 Å². The molecule has 2 rings (SSSR count). The maximum Gasteiger partial charge on any atom is 0.230 e. The number of guanidine groups is 1. The van der Waals surface area contributed by atoms with Crippen molar-refractivity contribution in [2.24, 2.45) is 10.4 Å². The molecule has 0 unspecified atom stereocenters. The SMILES string of the molecule is CN=C(NCc1ccccn1)NCC1(C(=O)N(C)C)CCCC1. The van der Waals surface area contributed by atoms with Crippen LogP contribution in [0.25, 0.3) is 0 Å². The molecule has 1 aliphatic rings. The second-order valence-corrected chi connectivity index (χ2v) is 6.29. The second-order valence-electron chi connectivity index (χ2n) is 6.29. The van der Waals surface area contributed by atoms with Crippen molar-refractivity contribution in [3.8, 4) is 0 Å². The van der Waals surface area contributed by atoms with Crippen molar-refractivity contribution in [2.45, 2.75) is 32.2 Å². The molecule has 1 fully saturated rings. The molecule has 0 bridgehead atoms. The summed E-state index contributed by atoms with van der Waals surface area (Å²) in [5, 5.41) is 6.57. The van der Waals surface area contributed by atoms with Gasteiger partial charge in [-0.05, 0) is 25.0 Å². The quantitative estimate of drug-likeness (QED) is 0.636. The minimum Gasteiger partial charge on any atom is -0.355 e. The summed E-state index contributed by atoms with van der Waals surface area (Å²) >= 11 is 0. The fourth-order valence-electron chi connectivity index (χ4n) is 3.14. The molecular weight excluding hydrogens is 290 g/mol. The third-order valence-electron chi connectivity index (χ3n) is 4.40. The number of carbonyl (C=O) groups is 1. The highest BCUT2D eigenvalue weighted by atomic mass is 16.2. The van der Waals surface area contributed by atoms with Gasteiger partial charge in [0, 0.05) is 33.9 Å². The number of carbonyl (C=O) groups excluding carboxylic acids is 1. The van der Waals surface area contributed by atoms with Gasteiger partial charge >= 0.3 is 0 Å². The van der Waals surface area contributed by atoms with E-state index in [-0.39, 0.29) is 11.3 Å². The highest BCUT2D eigenvalue weighted by molar-refractivity contribution is 5.85. The van der Waals surface area contributed by atoms with Gasteiger partial charge in [0.1, 0.15) is 0 Å². The van der Waals surface area contributed by atoms with Gasteiger partial charge in [-0.2, -0.15) is 0 Å². The molecule has 23 heavy (non-hydrogen) atoms. The Hall–Kier alpha value is -2.11. The number of rotatable bonds is 5. The molecule has 2 N–H and O–H groups in total. The predicted octanol–water partition coefficient (Wildman–Crippen LogP) is 1.40. The molecule has 0 radical (unpaired) electrons. The van der Waals surface area contributed by atoms with Gasteiger partial charge in [0.05, 0.1) is 17.7 Å². The second kappa shape index (κ2) is 7.94. The van der Waals surface area contributed by atoms with Crippen LogP contribution in [0.3, 0.4) is 0 Å². The Bertz CT molecular complexity index is 535. The van der Waals surface area contributed by atoms with Crippen molar-refractivity contribution in [1.82, 2.24) is 20.5 Å². The minimum atomic E-state index is -0.299. The van der Waals surface area contributed by atoms with Gasteiger partial charge in [-0.25, -0.2) is 0 Å². The molecule has 1 aliphatic carbocycles. The van der Waals surface area contributed by atoms with E-state index in [1.54, 1.807) is 18.1 Å². The van der Waals surface area contributed by atoms with Crippen molar-refractivity contribution in [2.75, 3.05) is 27.7 Å². The lowest BCUT2D eigenvalue weighted by Crippen LogP contribution is -2.49. The molecule has 0 aromatic carbocycles. The molecule has 0 spiro atoms. The van der Waals surface area contributed by atoms with Gasteiger partial charge in [0.2, 0.25) is 5.91 Å². The minimum absolute atomic E-state index is 0.211. The number of hydrogen-bond acceptors (Lipinski definition) is 3. The summed E-state index contributed by atoms with van der Waals surface area (Å²) in [5.41, 5.74) is 0.655. The number of amides is 1. The lowest BCUT2D eigenvalue weighted by Gasteiger charge is -2.31. The Labute approximate surface area is 138 Å². The molecule has 126 valence electrons. The third kappa shape index (κ3) is 4.43. The van der Waals surface area contributed by atoms with Crippen molar-refractivity contribution in [1.29, 1.82) is 0 Å². The van der Waals surface area contributed by atoms with Crippen LogP contribution in [0, 0.1) is 5.41 Å². The van der Waals surface area contributed by atoms with E-state index in [0.29, 0.717) is 19.0 Å². The van der Waals surface area contributed by atoms with E-state index in [9.17, 15) is 4.79 Å². The molecule has 0 saturated heterocycles. The maximum absolute atomic E-state index is 12.6. The maximum atomic E-state index is 12.6. The van der Waals surface area contributed by atoms with Crippen LogP contribution < -0.4 is 10.6 Å². The van der Waals surface area contributed by atoms with Crippen LogP contribution in [-0.4, -0.2) is 49.4 Å². The molecule has 0 atom stereocenters. The topological polar surface area (TPSA) is 69.6 Å². The van der Waals surface area contributed by atoms with Gasteiger partial charge in [-0.1, -0.05) is 18.9 Å². The molecular formula is C17H27N5O. The smallest absolute Gasteiger partial charge is 0.230 e. The summed E-state index contributed by atoms with van der Waals surface area (Å²) in [4.78, 5) is 22.8. The summed E-state index contributed by atoms with van der Waals surface area (Å²) in [6, 6.07) is 5.82. The van der Waals surface area contributed by atoms with Gasteiger partial charge in [0.25, 0.3) is 0 Å². The van der Waals surface area contributed by atoms with Crippen molar-refractivity contribution >= 4 is 11.9 Å². The number of pyridine rings is 1. The highest BCUT2D eigenvalue weighted by Crippen LogP contribution is 2.38. The van der Waals surface area contributed by atoms with E-state index in [1.165, 1.54) is 0 Å². The zero-order valence-electron chi connectivity index (χ0n) is 14.3. The van der Waals surface area contributed by atoms with Crippen LogP contribution in [-0.2, 0) is 11.3 Å². The number of hydrogen-bond donors (Lipinski definition) is 2. The van der Waals surface area contributed by atoms with E-state index >= 15 is 0 Å². The standard InChI is InChI=1S/C17H27N5O/c1-18-16(20-12-14-8-4-7-11-19-14)21-13-17(9-5-6-10-17)15(23)22(2)3/h4,7-8,11H,5-6,9-10,12-13H2,1-3H3,(H2,18,20,21). The summed E-state index contributed by atoms with van der Waals surface area (Å²) in [7, 11) is 5.40. The summed E-state index contributed by atoms with van der Waals surface area (Å²) in [5.74, 6) is 0.913. The molecule has 1 aromatic rings. The average molecular weight is 317 g/mol. The first kappa shape index (κ1) is 17.2. The third-order valence-corrected chi connectivity index (χ3v) is 4.40. The zero-order chi connectivity index (χ0) is 16.7. The Morgan fingerprint density at radius 3 is 2.61 bits per heavy atom. The first-order valence-corrected chi connectivity index (χ1v) is 8.13. The predicted molar refractivity (Wildman–Crippen MR) is 92.0 cm³/mol. The van der Waals surface area contributed by atoms with Gasteiger partial charge in [-0.15, -0.1) is 0 Å². The lowest BCUT2D eigenvalue weighted by molar-refractivity contribution is -0.138. The fourth-order valence-corrected chi connectivity index (χ4v) is 3.14. The van der Waals surface area contributed by atoms with E-state index in [0.717, 1.165) is 31.4 Å². The Balaban J connectivity index is 1.92. The van der Waals surface area contributed by atoms with Gasteiger partial charge in [-0.3, -0.25) is 14.8 Å². The van der Waals surface area contributed by atoms with Crippen molar-refractivity contribution in [3.63, 3.8) is 0 Å². The number of aromatic nitrogens is 1.